The second kappa shape index (κ2) is 5.65. The predicted octanol–water partition coefficient (Wildman–Crippen LogP) is 1.35. The Kier molecular flexibility index (Phi) is 3.70. The maximum Gasteiger partial charge on any atom is 0.262 e. The minimum Gasteiger partial charge on any atom is -0.367 e. The summed E-state index contributed by atoms with van der Waals surface area (Å²) in [6, 6.07) is 1.96. The van der Waals surface area contributed by atoms with Gasteiger partial charge in [-0.15, -0.1) is 16.4 Å². The first-order valence-electron chi connectivity index (χ1n) is 6.82. The number of aryl methyl sites for hydroxylation is 3. The van der Waals surface area contributed by atoms with Gasteiger partial charge in [-0.3, -0.25) is 14.5 Å². The van der Waals surface area contributed by atoms with Crippen LogP contribution in [0.15, 0.2) is 17.2 Å². The number of nitrogens with zero attached hydrogens (tertiary/aromatic N) is 4. The zero-order chi connectivity index (χ0) is 14.8. The van der Waals surface area contributed by atoms with Crippen LogP contribution < -0.4 is 11.3 Å². The highest BCUT2D eigenvalue weighted by Crippen LogP contribution is 2.21. The molecule has 0 aromatic carbocycles. The number of hydrogen-bond acceptors (Lipinski definition) is 6. The third-order valence-electron chi connectivity index (χ3n) is 3.20. The summed E-state index contributed by atoms with van der Waals surface area (Å²) in [5, 5.41) is 7.20. The lowest BCUT2D eigenvalue weighted by atomic mass is 10.2. The number of nitrogen functional groups attached to an aromatic ring is 1. The molecule has 0 amide bonds. The molecule has 3 heterocycles. The van der Waals surface area contributed by atoms with Crippen molar-refractivity contribution in [3.63, 3.8) is 0 Å². The first-order chi connectivity index (χ1) is 10.2. The van der Waals surface area contributed by atoms with Crippen LogP contribution in [0.1, 0.15) is 24.0 Å². The topological polar surface area (TPSA) is 102 Å². The number of nitrogens with one attached hydrogen (secondary N) is 1. The Morgan fingerprint density at radius 1 is 1.43 bits per heavy atom. The van der Waals surface area contributed by atoms with E-state index in [2.05, 4.69) is 27.1 Å². The largest absolute Gasteiger partial charge is 0.367 e. The lowest BCUT2D eigenvalue weighted by molar-refractivity contribution is 0.645. The summed E-state index contributed by atoms with van der Waals surface area (Å²) >= 11 is 1.59. The van der Waals surface area contributed by atoms with E-state index in [1.165, 1.54) is 4.88 Å². The maximum absolute atomic E-state index is 12.4. The smallest absolute Gasteiger partial charge is 0.262 e. The number of H-pyrrole nitrogens is 1. The van der Waals surface area contributed by atoms with E-state index in [1.54, 1.807) is 22.2 Å². The zero-order valence-corrected chi connectivity index (χ0v) is 12.5. The monoisotopic (exact) mass is 304 g/mol. The standard InChI is InChI=1S/C13H16N6OS/c1-2-3-8-6-9-11(21-8)15-7-19(12(9)20)5-4-10-16-13(14)18-17-10/h6-7H,2-5H2,1H3,(H3,14,16,17,18). The second-order valence-corrected chi connectivity index (χ2v) is 5.93. The van der Waals surface area contributed by atoms with Crippen LogP contribution in [0.3, 0.4) is 0 Å². The fourth-order valence-corrected chi connectivity index (χ4v) is 3.27. The van der Waals surface area contributed by atoms with E-state index < -0.39 is 0 Å². The second-order valence-electron chi connectivity index (χ2n) is 4.81. The average Bonchev–Trinajstić information content (AvgIpc) is 3.05. The van der Waals surface area contributed by atoms with Crippen molar-refractivity contribution in [2.75, 3.05) is 5.73 Å². The van der Waals surface area contributed by atoms with Crippen molar-refractivity contribution in [2.24, 2.45) is 0 Å². The van der Waals surface area contributed by atoms with Gasteiger partial charge >= 0.3 is 0 Å². The van der Waals surface area contributed by atoms with Gasteiger partial charge in [-0.2, -0.15) is 4.98 Å². The quantitative estimate of drug-likeness (QED) is 0.740. The molecule has 0 bridgehead atoms. The normalized spacial score (nSPS) is 11.3. The van der Waals surface area contributed by atoms with E-state index in [1.807, 2.05) is 6.07 Å². The Morgan fingerprint density at radius 3 is 3.00 bits per heavy atom. The molecule has 0 fully saturated rings. The van der Waals surface area contributed by atoms with Crippen LogP contribution in [0.2, 0.25) is 0 Å². The van der Waals surface area contributed by atoms with E-state index in [-0.39, 0.29) is 11.5 Å². The van der Waals surface area contributed by atoms with Crippen molar-refractivity contribution >= 4 is 27.5 Å². The summed E-state index contributed by atoms with van der Waals surface area (Å²) in [6.45, 7) is 2.62. The summed E-state index contributed by atoms with van der Waals surface area (Å²) in [6.07, 6.45) is 4.20. The first kappa shape index (κ1) is 13.7. The van der Waals surface area contributed by atoms with Crippen molar-refractivity contribution in [3.05, 3.63) is 33.4 Å². The number of rotatable bonds is 5. The minimum absolute atomic E-state index is 0.00825. The Hall–Kier alpha value is -2.22. The Labute approximate surface area is 124 Å². The number of hydrogen-bond donors (Lipinski definition) is 2. The summed E-state index contributed by atoms with van der Waals surface area (Å²) in [5.41, 5.74) is 5.44. The van der Waals surface area contributed by atoms with Gasteiger partial charge in [-0.1, -0.05) is 13.3 Å². The van der Waals surface area contributed by atoms with Crippen LogP contribution in [-0.4, -0.2) is 24.7 Å². The molecule has 0 saturated carbocycles. The van der Waals surface area contributed by atoms with E-state index in [0.29, 0.717) is 24.2 Å². The number of anilines is 1. The number of aromatic nitrogens is 5. The molecule has 0 radical (unpaired) electrons. The van der Waals surface area contributed by atoms with Crippen LogP contribution in [0.25, 0.3) is 10.2 Å². The number of nitrogens with two attached hydrogens (primary N) is 1. The van der Waals surface area contributed by atoms with Crippen molar-refractivity contribution < 1.29 is 0 Å². The van der Waals surface area contributed by atoms with Crippen molar-refractivity contribution in [2.45, 2.75) is 32.7 Å². The number of thiophene rings is 1. The summed E-state index contributed by atoms with van der Waals surface area (Å²) < 4.78 is 1.60. The van der Waals surface area contributed by atoms with E-state index in [4.69, 9.17) is 5.73 Å². The van der Waals surface area contributed by atoms with E-state index in [0.717, 1.165) is 17.7 Å². The lowest BCUT2D eigenvalue weighted by Gasteiger charge is -2.02. The number of aromatic amines is 1. The molecule has 3 rings (SSSR count). The molecular weight excluding hydrogens is 288 g/mol. The van der Waals surface area contributed by atoms with Gasteiger partial charge < -0.3 is 5.73 Å². The van der Waals surface area contributed by atoms with Crippen LogP contribution in [0.4, 0.5) is 5.95 Å². The number of fused-ring (bicyclic) bond motifs is 1. The van der Waals surface area contributed by atoms with Gasteiger partial charge in [0.1, 0.15) is 10.7 Å². The van der Waals surface area contributed by atoms with Crippen LogP contribution in [0.5, 0.6) is 0 Å². The molecule has 21 heavy (non-hydrogen) atoms. The summed E-state index contributed by atoms with van der Waals surface area (Å²) in [7, 11) is 0. The Balaban J connectivity index is 1.85. The zero-order valence-electron chi connectivity index (χ0n) is 11.7. The van der Waals surface area contributed by atoms with Gasteiger partial charge in [0.15, 0.2) is 0 Å². The maximum atomic E-state index is 12.4. The van der Waals surface area contributed by atoms with Crippen LogP contribution in [0, 0.1) is 0 Å². The predicted molar refractivity (Wildman–Crippen MR) is 82.4 cm³/mol. The van der Waals surface area contributed by atoms with Crippen molar-refractivity contribution in [1.82, 2.24) is 24.7 Å². The molecule has 0 saturated heterocycles. The fraction of sp³-hybridized carbons (Fsp3) is 0.385. The van der Waals surface area contributed by atoms with E-state index >= 15 is 0 Å². The minimum atomic E-state index is -0.00825. The fourth-order valence-electron chi connectivity index (χ4n) is 2.19. The molecule has 3 N–H and O–H groups in total. The van der Waals surface area contributed by atoms with E-state index in [9.17, 15) is 4.79 Å². The molecule has 0 aliphatic rings. The molecule has 0 aliphatic heterocycles. The molecule has 0 atom stereocenters. The molecule has 110 valence electrons. The first-order valence-corrected chi connectivity index (χ1v) is 7.63. The van der Waals surface area contributed by atoms with Crippen molar-refractivity contribution in [3.8, 4) is 0 Å². The third-order valence-corrected chi connectivity index (χ3v) is 4.31. The molecule has 7 nitrogen and oxygen atoms in total. The average molecular weight is 304 g/mol. The summed E-state index contributed by atoms with van der Waals surface area (Å²) in [4.78, 5) is 22.8. The highest BCUT2D eigenvalue weighted by Gasteiger charge is 2.09. The molecule has 0 unspecified atom stereocenters. The van der Waals surface area contributed by atoms with Gasteiger partial charge in [-0.25, -0.2) is 4.98 Å². The highest BCUT2D eigenvalue weighted by atomic mass is 32.1. The lowest BCUT2D eigenvalue weighted by Crippen LogP contribution is -2.21. The Bertz CT molecular complexity index is 818. The van der Waals surface area contributed by atoms with Gasteiger partial charge in [-0.05, 0) is 12.5 Å². The van der Waals surface area contributed by atoms with Crippen LogP contribution in [-0.2, 0) is 19.4 Å². The van der Waals surface area contributed by atoms with Gasteiger partial charge in [0.25, 0.3) is 5.56 Å². The molecule has 8 heteroatoms. The van der Waals surface area contributed by atoms with Gasteiger partial charge in [0.2, 0.25) is 5.95 Å². The molecular formula is C13H16N6OS. The highest BCUT2D eigenvalue weighted by molar-refractivity contribution is 7.18. The Morgan fingerprint density at radius 2 is 2.29 bits per heavy atom. The SMILES string of the molecule is CCCc1cc2c(=O)n(CCc3nc(N)n[nH]3)cnc2s1. The molecule has 3 aromatic heterocycles. The summed E-state index contributed by atoms with van der Waals surface area (Å²) in [5.74, 6) is 0.879. The third kappa shape index (κ3) is 2.80. The van der Waals surface area contributed by atoms with Gasteiger partial charge in [0, 0.05) is 17.8 Å². The van der Waals surface area contributed by atoms with Crippen molar-refractivity contribution in [1.29, 1.82) is 0 Å². The van der Waals surface area contributed by atoms with Gasteiger partial charge in [0.05, 0.1) is 11.7 Å². The molecule has 3 aromatic rings. The molecule has 0 spiro atoms. The molecule has 0 aliphatic carbocycles. The van der Waals surface area contributed by atoms with Crippen LogP contribution >= 0.6 is 11.3 Å².